The predicted molar refractivity (Wildman–Crippen MR) is 56.0 cm³/mol. The average molecular weight is 290 g/mol. The van der Waals surface area contributed by atoms with Gasteiger partial charge in [-0.2, -0.15) is 13.2 Å². The van der Waals surface area contributed by atoms with Gasteiger partial charge in [0.2, 0.25) is 0 Å². The number of amides is 1. The van der Waals surface area contributed by atoms with E-state index in [0.29, 0.717) is 0 Å². The van der Waals surface area contributed by atoms with Crippen LogP contribution >= 0.6 is 23.2 Å². The second-order valence-electron chi connectivity index (χ2n) is 3.05. The highest BCUT2D eigenvalue weighted by atomic mass is 35.5. The lowest BCUT2D eigenvalue weighted by atomic mass is 10.3. The van der Waals surface area contributed by atoms with Crippen LogP contribution in [0.1, 0.15) is 0 Å². The van der Waals surface area contributed by atoms with E-state index >= 15 is 0 Å². The fourth-order valence-electron chi connectivity index (χ4n) is 0.980. The van der Waals surface area contributed by atoms with Gasteiger partial charge in [-0.15, -0.1) is 0 Å². The number of halogens is 6. The van der Waals surface area contributed by atoms with Gasteiger partial charge in [0.05, 0.1) is 0 Å². The Hall–Kier alpha value is -1.01. The Morgan fingerprint density at radius 3 is 2.06 bits per heavy atom. The molecule has 1 rings (SSSR count). The SMILES string of the molecule is O=C(Nc1cc(Cl)cc(Cl)c1)[C@H](F)C(F)(F)F. The predicted octanol–water partition coefficient (Wildman–Crippen LogP) is 3.83. The van der Waals surface area contributed by atoms with Crippen molar-refractivity contribution in [1.82, 2.24) is 0 Å². The Morgan fingerprint density at radius 2 is 1.65 bits per heavy atom. The Bertz CT molecular complexity index is 415. The first-order valence-corrected chi connectivity index (χ1v) is 4.93. The third kappa shape index (κ3) is 4.05. The summed E-state index contributed by atoms with van der Waals surface area (Å²) in [6.45, 7) is 0. The van der Waals surface area contributed by atoms with Crippen molar-refractivity contribution in [2.75, 3.05) is 5.32 Å². The van der Waals surface area contributed by atoms with E-state index in [0.717, 1.165) is 12.1 Å². The lowest BCUT2D eigenvalue weighted by Gasteiger charge is -2.12. The highest BCUT2D eigenvalue weighted by Gasteiger charge is 2.45. The third-order valence-corrected chi connectivity index (χ3v) is 2.08. The number of carbonyl (C=O) groups is 1. The summed E-state index contributed by atoms with van der Waals surface area (Å²) in [5.41, 5.74) is -0.112. The standard InChI is InChI=1S/C9H5Cl2F4NO/c10-4-1-5(11)3-6(2-4)16-8(17)7(12)9(13,14)15/h1-3,7H,(H,16,17)/t7-/m0/s1. The van der Waals surface area contributed by atoms with Gasteiger partial charge in [-0.25, -0.2) is 4.39 Å². The molecule has 0 aliphatic heterocycles. The van der Waals surface area contributed by atoms with Crippen LogP contribution in [-0.4, -0.2) is 18.3 Å². The quantitative estimate of drug-likeness (QED) is 0.824. The van der Waals surface area contributed by atoms with Crippen molar-refractivity contribution in [2.45, 2.75) is 12.3 Å². The molecule has 1 aromatic carbocycles. The van der Waals surface area contributed by atoms with Crippen LogP contribution in [0.5, 0.6) is 0 Å². The molecule has 0 saturated carbocycles. The molecule has 1 N–H and O–H groups in total. The van der Waals surface area contributed by atoms with E-state index in [2.05, 4.69) is 0 Å². The lowest BCUT2D eigenvalue weighted by molar-refractivity contribution is -0.183. The first-order valence-electron chi connectivity index (χ1n) is 4.18. The maximum Gasteiger partial charge on any atom is 0.428 e. The second kappa shape index (κ2) is 5.10. The zero-order valence-corrected chi connectivity index (χ0v) is 9.50. The molecule has 0 aliphatic carbocycles. The first kappa shape index (κ1) is 14.1. The van der Waals surface area contributed by atoms with Gasteiger partial charge in [0.1, 0.15) is 0 Å². The number of carbonyl (C=O) groups excluding carboxylic acids is 1. The molecule has 0 spiro atoms. The van der Waals surface area contributed by atoms with Crippen LogP contribution in [0.2, 0.25) is 10.0 Å². The van der Waals surface area contributed by atoms with Crippen LogP contribution in [0.15, 0.2) is 18.2 Å². The summed E-state index contributed by atoms with van der Waals surface area (Å²) in [5.74, 6) is -1.82. The minimum Gasteiger partial charge on any atom is -0.323 e. The van der Waals surface area contributed by atoms with Crippen LogP contribution < -0.4 is 5.32 Å². The summed E-state index contributed by atoms with van der Waals surface area (Å²) in [6.07, 6.45) is -8.84. The molecule has 0 unspecified atom stereocenters. The summed E-state index contributed by atoms with van der Waals surface area (Å²) in [4.78, 5) is 10.9. The summed E-state index contributed by atoms with van der Waals surface area (Å²) in [7, 11) is 0. The summed E-state index contributed by atoms with van der Waals surface area (Å²) >= 11 is 11.1. The summed E-state index contributed by atoms with van der Waals surface area (Å²) in [5, 5.41) is 1.94. The summed E-state index contributed by atoms with van der Waals surface area (Å²) in [6, 6.07) is 3.61. The van der Waals surface area contributed by atoms with Crippen LogP contribution in [0, 0.1) is 0 Å². The Morgan fingerprint density at radius 1 is 1.18 bits per heavy atom. The zero-order chi connectivity index (χ0) is 13.2. The smallest absolute Gasteiger partial charge is 0.323 e. The van der Waals surface area contributed by atoms with Crippen molar-refractivity contribution in [1.29, 1.82) is 0 Å². The van der Waals surface area contributed by atoms with Crippen LogP contribution in [0.3, 0.4) is 0 Å². The maximum absolute atomic E-state index is 12.6. The van der Waals surface area contributed by atoms with E-state index in [-0.39, 0.29) is 15.7 Å². The van der Waals surface area contributed by atoms with Crippen molar-refractivity contribution < 1.29 is 22.4 Å². The molecular weight excluding hydrogens is 285 g/mol. The first-order chi connectivity index (χ1) is 7.70. The van der Waals surface area contributed by atoms with Gasteiger partial charge < -0.3 is 5.32 Å². The molecule has 0 aromatic heterocycles. The molecule has 94 valence electrons. The second-order valence-corrected chi connectivity index (χ2v) is 3.92. The van der Waals surface area contributed by atoms with Crippen LogP contribution in [0.25, 0.3) is 0 Å². The Kier molecular flexibility index (Phi) is 4.21. The van der Waals surface area contributed by atoms with Crippen LogP contribution in [0.4, 0.5) is 23.2 Å². The monoisotopic (exact) mass is 289 g/mol. The van der Waals surface area contributed by atoms with Gasteiger partial charge >= 0.3 is 6.18 Å². The fraction of sp³-hybridized carbons (Fsp3) is 0.222. The van der Waals surface area contributed by atoms with Gasteiger partial charge in [0.15, 0.2) is 0 Å². The molecule has 0 radical (unpaired) electrons. The highest BCUT2D eigenvalue weighted by Crippen LogP contribution is 2.26. The van der Waals surface area contributed by atoms with Gasteiger partial charge in [-0.3, -0.25) is 4.79 Å². The molecule has 0 fully saturated rings. The van der Waals surface area contributed by atoms with Gasteiger partial charge in [-0.05, 0) is 18.2 Å². The van der Waals surface area contributed by atoms with E-state index in [1.54, 1.807) is 5.32 Å². The van der Waals surface area contributed by atoms with Crippen molar-refractivity contribution in [2.24, 2.45) is 0 Å². The van der Waals surface area contributed by atoms with E-state index in [1.165, 1.54) is 6.07 Å². The minimum atomic E-state index is -5.24. The largest absolute Gasteiger partial charge is 0.428 e. The van der Waals surface area contributed by atoms with Crippen molar-refractivity contribution in [3.05, 3.63) is 28.2 Å². The van der Waals surface area contributed by atoms with Gasteiger partial charge in [0.25, 0.3) is 12.1 Å². The number of benzene rings is 1. The van der Waals surface area contributed by atoms with E-state index < -0.39 is 18.3 Å². The number of anilines is 1. The molecule has 2 nitrogen and oxygen atoms in total. The topological polar surface area (TPSA) is 29.1 Å². The van der Waals surface area contributed by atoms with Crippen LogP contribution in [-0.2, 0) is 4.79 Å². The molecule has 17 heavy (non-hydrogen) atoms. The molecule has 0 saturated heterocycles. The van der Waals surface area contributed by atoms with E-state index in [9.17, 15) is 22.4 Å². The number of hydrogen-bond acceptors (Lipinski definition) is 1. The number of nitrogens with one attached hydrogen (secondary N) is 1. The molecule has 0 bridgehead atoms. The number of alkyl halides is 4. The Labute approximate surface area is 104 Å². The summed E-state index contributed by atoms with van der Waals surface area (Å²) < 4.78 is 48.2. The molecular formula is C9H5Cl2F4NO. The van der Waals surface area contributed by atoms with E-state index in [1.807, 2.05) is 0 Å². The number of hydrogen-bond donors (Lipinski definition) is 1. The van der Waals surface area contributed by atoms with Crippen molar-refractivity contribution >= 4 is 34.8 Å². The van der Waals surface area contributed by atoms with E-state index in [4.69, 9.17) is 23.2 Å². The molecule has 1 atom stereocenters. The minimum absolute atomic E-state index is 0.107. The third-order valence-electron chi connectivity index (χ3n) is 1.65. The van der Waals surface area contributed by atoms with Gasteiger partial charge in [-0.1, -0.05) is 23.2 Å². The molecule has 8 heteroatoms. The van der Waals surface area contributed by atoms with Crippen molar-refractivity contribution in [3.63, 3.8) is 0 Å². The zero-order valence-electron chi connectivity index (χ0n) is 7.99. The Balaban J connectivity index is 2.81. The molecule has 0 heterocycles. The normalized spacial score (nSPS) is 13.3. The molecule has 1 amide bonds. The average Bonchev–Trinajstić information content (AvgIpc) is 2.13. The highest BCUT2D eigenvalue weighted by molar-refractivity contribution is 6.35. The number of rotatable bonds is 2. The molecule has 1 aromatic rings. The lowest BCUT2D eigenvalue weighted by Crippen LogP contribution is -2.36. The van der Waals surface area contributed by atoms with Crippen molar-refractivity contribution in [3.8, 4) is 0 Å². The fourth-order valence-corrected chi connectivity index (χ4v) is 1.51. The maximum atomic E-state index is 12.6. The van der Waals surface area contributed by atoms with Gasteiger partial charge in [0, 0.05) is 15.7 Å². The molecule has 0 aliphatic rings.